The van der Waals surface area contributed by atoms with Gasteiger partial charge in [0.25, 0.3) is 0 Å². The first kappa shape index (κ1) is 12.2. The van der Waals surface area contributed by atoms with Crippen LogP contribution in [0.5, 0.6) is 0 Å². The van der Waals surface area contributed by atoms with E-state index in [9.17, 15) is 13.2 Å². The van der Waals surface area contributed by atoms with Crippen LogP contribution in [0.4, 0.5) is 13.2 Å². The van der Waals surface area contributed by atoms with Gasteiger partial charge < -0.3 is 0 Å². The summed E-state index contributed by atoms with van der Waals surface area (Å²) in [6, 6.07) is 7.83. The van der Waals surface area contributed by atoms with E-state index in [4.69, 9.17) is 11.6 Å². The minimum absolute atomic E-state index is 0.0150. The van der Waals surface area contributed by atoms with E-state index in [0.717, 1.165) is 6.33 Å². The molecule has 0 amide bonds. The van der Waals surface area contributed by atoms with Crippen LogP contribution in [0.15, 0.2) is 36.7 Å². The topological polar surface area (TPSA) is 25.8 Å². The van der Waals surface area contributed by atoms with E-state index in [1.807, 2.05) is 0 Å². The van der Waals surface area contributed by atoms with Crippen LogP contribution in [0.25, 0.3) is 21.7 Å². The van der Waals surface area contributed by atoms with Crippen molar-refractivity contribution in [2.45, 2.75) is 6.18 Å². The second kappa shape index (κ2) is 4.06. The van der Waals surface area contributed by atoms with Gasteiger partial charge in [0.15, 0.2) is 0 Å². The van der Waals surface area contributed by atoms with Gasteiger partial charge >= 0.3 is 6.18 Å². The highest BCUT2D eigenvalue weighted by Gasteiger charge is 2.35. The number of fused-ring (bicyclic) bond motifs is 2. The van der Waals surface area contributed by atoms with E-state index in [1.54, 1.807) is 24.3 Å². The largest absolute Gasteiger partial charge is 0.419 e. The van der Waals surface area contributed by atoms with Crippen molar-refractivity contribution >= 4 is 33.3 Å². The first-order valence-corrected chi connectivity index (χ1v) is 5.75. The number of hydrogen-bond acceptors (Lipinski definition) is 2. The van der Waals surface area contributed by atoms with Crippen LogP contribution >= 0.6 is 11.6 Å². The van der Waals surface area contributed by atoms with Crippen molar-refractivity contribution < 1.29 is 13.2 Å². The first-order chi connectivity index (χ1) is 8.98. The van der Waals surface area contributed by atoms with Gasteiger partial charge in [0.2, 0.25) is 0 Å². The molecule has 6 heteroatoms. The maximum Gasteiger partial charge on any atom is 0.419 e. The van der Waals surface area contributed by atoms with Crippen molar-refractivity contribution in [1.82, 2.24) is 9.97 Å². The Morgan fingerprint density at radius 3 is 2.47 bits per heavy atom. The van der Waals surface area contributed by atoms with E-state index >= 15 is 0 Å². The number of benzene rings is 2. The summed E-state index contributed by atoms with van der Waals surface area (Å²) < 4.78 is 39.8. The molecule has 1 aromatic heterocycles. The molecule has 96 valence electrons. The summed E-state index contributed by atoms with van der Waals surface area (Å²) >= 11 is 5.86. The summed E-state index contributed by atoms with van der Waals surface area (Å²) in [7, 11) is 0. The van der Waals surface area contributed by atoms with Crippen molar-refractivity contribution in [3.63, 3.8) is 0 Å². The Morgan fingerprint density at radius 2 is 1.74 bits per heavy atom. The smallest absolute Gasteiger partial charge is 0.236 e. The molecule has 2 aromatic carbocycles. The van der Waals surface area contributed by atoms with Gasteiger partial charge in [0.05, 0.1) is 11.1 Å². The lowest BCUT2D eigenvalue weighted by molar-refractivity contribution is -0.135. The Kier molecular flexibility index (Phi) is 2.60. The molecule has 1 heterocycles. The maximum absolute atomic E-state index is 13.3. The molecule has 0 bridgehead atoms. The molecule has 3 rings (SSSR count). The summed E-state index contributed by atoms with van der Waals surface area (Å²) in [5.74, 6) is 0. The fourth-order valence-corrected chi connectivity index (χ4v) is 2.31. The molecule has 0 aliphatic carbocycles. The Morgan fingerprint density at radius 1 is 1.00 bits per heavy atom. The lowest BCUT2D eigenvalue weighted by Crippen LogP contribution is -2.08. The third-order valence-corrected chi connectivity index (χ3v) is 3.19. The second-order valence-electron chi connectivity index (χ2n) is 4.03. The Bertz CT molecular complexity index is 784. The predicted octanol–water partition coefficient (Wildman–Crippen LogP) is 4.46. The molecule has 0 unspecified atom stereocenters. The molecule has 0 aliphatic heterocycles. The second-order valence-corrected chi connectivity index (χ2v) is 4.39. The molecule has 0 saturated carbocycles. The van der Waals surface area contributed by atoms with E-state index in [0.29, 0.717) is 5.39 Å². The SMILES string of the molecule is FC(F)(F)c1c2ccccc2cc2c(Cl)ncnc12. The van der Waals surface area contributed by atoms with Gasteiger partial charge in [-0.25, -0.2) is 9.97 Å². The molecule has 0 radical (unpaired) electrons. The summed E-state index contributed by atoms with van der Waals surface area (Å²) in [6.45, 7) is 0. The molecule has 2 nitrogen and oxygen atoms in total. The van der Waals surface area contributed by atoms with Crippen molar-refractivity contribution in [2.24, 2.45) is 0 Å². The van der Waals surface area contributed by atoms with Crippen molar-refractivity contribution in [1.29, 1.82) is 0 Å². The minimum Gasteiger partial charge on any atom is -0.236 e. The van der Waals surface area contributed by atoms with Gasteiger partial charge in [0.1, 0.15) is 11.5 Å². The van der Waals surface area contributed by atoms with Gasteiger partial charge in [-0.1, -0.05) is 35.9 Å². The molecule has 3 aromatic rings. The molecule has 0 atom stereocenters. The van der Waals surface area contributed by atoms with Crippen LogP contribution in [0.3, 0.4) is 0 Å². The summed E-state index contributed by atoms with van der Waals surface area (Å²) in [6.07, 6.45) is -3.47. The summed E-state index contributed by atoms with van der Waals surface area (Å²) in [5.41, 5.74) is -0.948. The van der Waals surface area contributed by atoms with E-state index in [1.165, 1.54) is 6.07 Å². The van der Waals surface area contributed by atoms with Crippen LogP contribution in [0.2, 0.25) is 5.15 Å². The average Bonchev–Trinajstić information content (AvgIpc) is 2.35. The van der Waals surface area contributed by atoms with E-state index in [-0.39, 0.29) is 21.4 Å². The molecule has 0 N–H and O–H groups in total. The third kappa shape index (κ3) is 1.90. The number of aromatic nitrogens is 2. The summed E-state index contributed by atoms with van der Waals surface area (Å²) in [4.78, 5) is 7.47. The molecule has 19 heavy (non-hydrogen) atoms. The minimum atomic E-state index is -4.50. The molecule has 0 aliphatic rings. The van der Waals surface area contributed by atoms with Crippen LogP contribution in [-0.4, -0.2) is 9.97 Å². The molecule has 0 spiro atoms. The van der Waals surface area contributed by atoms with Crippen LogP contribution in [-0.2, 0) is 6.18 Å². The van der Waals surface area contributed by atoms with Crippen LogP contribution < -0.4 is 0 Å². The highest BCUT2D eigenvalue weighted by Crippen LogP contribution is 2.40. The standard InChI is InChI=1S/C13H6ClF3N2/c14-12-9-5-7-3-1-2-4-8(7)10(13(15,16)17)11(9)18-6-19-12/h1-6H. The van der Waals surface area contributed by atoms with Gasteiger partial charge in [-0.3, -0.25) is 0 Å². The number of halogens is 4. The van der Waals surface area contributed by atoms with E-state index in [2.05, 4.69) is 9.97 Å². The lowest BCUT2D eigenvalue weighted by Gasteiger charge is -2.13. The third-order valence-electron chi connectivity index (χ3n) is 2.89. The van der Waals surface area contributed by atoms with Crippen molar-refractivity contribution in [3.05, 3.63) is 47.4 Å². The summed E-state index contributed by atoms with van der Waals surface area (Å²) in [5, 5.41) is 0.785. The van der Waals surface area contributed by atoms with Crippen LogP contribution in [0.1, 0.15) is 5.56 Å². The van der Waals surface area contributed by atoms with Gasteiger partial charge in [-0.05, 0) is 16.8 Å². The normalized spacial score (nSPS) is 12.2. The molecular formula is C13H6ClF3N2. The lowest BCUT2D eigenvalue weighted by atomic mass is 10.0. The Hall–Kier alpha value is -1.88. The van der Waals surface area contributed by atoms with Gasteiger partial charge in [-0.2, -0.15) is 13.2 Å². The van der Waals surface area contributed by atoms with Gasteiger partial charge in [-0.15, -0.1) is 0 Å². The van der Waals surface area contributed by atoms with Crippen molar-refractivity contribution in [3.8, 4) is 0 Å². The average molecular weight is 283 g/mol. The Labute approximate surface area is 110 Å². The Balaban J connectivity index is 2.61. The monoisotopic (exact) mass is 282 g/mol. The fourth-order valence-electron chi connectivity index (χ4n) is 2.12. The van der Waals surface area contributed by atoms with Crippen molar-refractivity contribution in [2.75, 3.05) is 0 Å². The quantitative estimate of drug-likeness (QED) is 0.449. The first-order valence-electron chi connectivity index (χ1n) is 5.37. The van der Waals surface area contributed by atoms with Crippen LogP contribution in [0, 0.1) is 0 Å². The zero-order valence-corrected chi connectivity index (χ0v) is 10.1. The predicted molar refractivity (Wildman–Crippen MR) is 67.1 cm³/mol. The number of nitrogens with zero attached hydrogens (tertiary/aromatic N) is 2. The number of rotatable bonds is 0. The van der Waals surface area contributed by atoms with E-state index < -0.39 is 11.7 Å². The highest BCUT2D eigenvalue weighted by atomic mass is 35.5. The zero-order chi connectivity index (χ0) is 13.6. The maximum atomic E-state index is 13.3. The van der Waals surface area contributed by atoms with Gasteiger partial charge in [0, 0.05) is 5.39 Å². The fraction of sp³-hybridized carbons (Fsp3) is 0.0769. The number of alkyl halides is 3. The highest BCUT2D eigenvalue weighted by molar-refractivity contribution is 6.34. The molecular weight excluding hydrogens is 277 g/mol. The molecule has 0 saturated heterocycles. The molecule has 0 fully saturated rings. The number of hydrogen-bond donors (Lipinski definition) is 0. The zero-order valence-electron chi connectivity index (χ0n) is 9.37.